The van der Waals surface area contributed by atoms with Gasteiger partial charge in [-0.25, -0.2) is 0 Å². The second-order valence-electron chi connectivity index (χ2n) is 5.46. The molecule has 3 aromatic rings. The average Bonchev–Trinajstić information content (AvgIpc) is 3.06. The quantitative estimate of drug-likeness (QED) is 0.691. The van der Waals surface area contributed by atoms with Crippen LogP contribution in [0.25, 0.3) is 5.69 Å². The van der Waals surface area contributed by atoms with E-state index < -0.39 is 0 Å². The van der Waals surface area contributed by atoms with E-state index in [-0.39, 0.29) is 11.7 Å². The Kier molecular flexibility index (Phi) is 5.35. The van der Waals surface area contributed by atoms with Gasteiger partial charge in [-0.1, -0.05) is 41.6 Å². The molecule has 0 spiro atoms. The summed E-state index contributed by atoms with van der Waals surface area (Å²) >= 11 is 7.34. The first-order valence-electron chi connectivity index (χ1n) is 7.58. The first kappa shape index (κ1) is 17.4. The van der Waals surface area contributed by atoms with E-state index in [2.05, 4.69) is 20.8 Å². The van der Waals surface area contributed by atoms with Crippen LogP contribution in [0.5, 0.6) is 0 Å². The molecule has 6 nitrogen and oxygen atoms in total. The Morgan fingerprint density at radius 2 is 2.04 bits per heavy atom. The highest BCUT2D eigenvalue weighted by molar-refractivity contribution is 7.99. The zero-order valence-corrected chi connectivity index (χ0v) is 15.3. The molecule has 0 aliphatic heterocycles. The number of tetrazole rings is 1. The van der Waals surface area contributed by atoms with E-state index in [0.717, 1.165) is 16.8 Å². The highest BCUT2D eigenvalue weighted by Gasteiger charge is 2.13. The summed E-state index contributed by atoms with van der Waals surface area (Å²) in [6.07, 6.45) is 0. The summed E-state index contributed by atoms with van der Waals surface area (Å²) in [7, 11) is 0. The molecule has 1 aromatic heterocycles. The molecule has 128 valence electrons. The van der Waals surface area contributed by atoms with Crippen molar-refractivity contribution in [3.05, 3.63) is 58.6 Å². The number of anilines is 1. The minimum atomic E-state index is -0.144. The van der Waals surface area contributed by atoms with Gasteiger partial charge in [-0.15, -0.1) is 5.10 Å². The number of rotatable bonds is 5. The molecule has 0 saturated heterocycles. The van der Waals surface area contributed by atoms with Crippen LogP contribution >= 0.6 is 23.4 Å². The molecule has 3 rings (SSSR count). The Morgan fingerprint density at radius 1 is 1.24 bits per heavy atom. The number of nitrogens with one attached hydrogen (secondary N) is 1. The number of carbonyl (C=O) groups is 1. The first-order chi connectivity index (χ1) is 12.0. The summed E-state index contributed by atoms with van der Waals surface area (Å²) in [6, 6.07) is 13.3. The molecule has 0 atom stereocenters. The topological polar surface area (TPSA) is 72.7 Å². The first-order valence-corrected chi connectivity index (χ1v) is 8.94. The van der Waals surface area contributed by atoms with Crippen molar-refractivity contribution in [1.82, 2.24) is 20.2 Å². The number of benzene rings is 2. The van der Waals surface area contributed by atoms with Crippen molar-refractivity contribution in [2.45, 2.75) is 19.0 Å². The molecule has 25 heavy (non-hydrogen) atoms. The van der Waals surface area contributed by atoms with E-state index >= 15 is 0 Å². The summed E-state index contributed by atoms with van der Waals surface area (Å²) in [5, 5.41) is 15.7. The molecule has 0 bridgehead atoms. The van der Waals surface area contributed by atoms with Crippen LogP contribution in [0, 0.1) is 13.8 Å². The fourth-order valence-corrected chi connectivity index (χ4v) is 3.12. The van der Waals surface area contributed by atoms with Gasteiger partial charge < -0.3 is 5.32 Å². The third-order valence-corrected chi connectivity index (χ3v) is 4.89. The maximum atomic E-state index is 12.2. The van der Waals surface area contributed by atoms with Crippen molar-refractivity contribution in [3.63, 3.8) is 0 Å². The lowest BCUT2D eigenvalue weighted by Crippen LogP contribution is -2.15. The molecule has 1 N–H and O–H groups in total. The van der Waals surface area contributed by atoms with Crippen LogP contribution in [0.4, 0.5) is 5.69 Å². The molecule has 8 heteroatoms. The van der Waals surface area contributed by atoms with E-state index in [4.69, 9.17) is 11.6 Å². The predicted molar refractivity (Wildman–Crippen MR) is 99.4 cm³/mol. The summed E-state index contributed by atoms with van der Waals surface area (Å²) in [5.74, 6) is 0.0483. The van der Waals surface area contributed by atoms with E-state index in [1.165, 1.54) is 11.8 Å². The van der Waals surface area contributed by atoms with E-state index in [9.17, 15) is 4.79 Å². The molecular weight excluding hydrogens is 358 g/mol. The highest BCUT2D eigenvalue weighted by Crippen LogP contribution is 2.24. The lowest BCUT2D eigenvalue weighted by Gasteiger charge is -2.09. The van der Waals surface area contributed by atoms with Gasteiger partial charge in [0.25, 0.3) is 0 Å². The normalized spacial score (nSPS) is 10.7. The number of amides is 1. The number of nitrogens with zero attached hydrogens (tertiary/aromatic N) is 4. The van der Waals surface area contributed by atoms with Crippen molar-refractivity contribution in [2.75, 3.05) is 11.1 Å². The van der Waals surface area contributed by atoms with Gasteiger partial charge in [0, 0.05) is 10.7 Å². The molecule has 0 radical (unpaired) electrons. The smallest absolute Gasteiger partial charge is 0.234 e. The molecule has 2 aromatic carbocycles. The fourth-order valence-electron chi connectivity index (χ4n) is 2.25. The predicted octanol–water partition coefficient (Wildman–Crippen LogP) is 3.66. The largest absolute Gasteiger partial charge is 0.325 e. The zero-order valence-electron chi connectivity index (χ0n) is 13.7. The average molecular weight is 374 g/mol. The highest BCUT2D eigenvalue weighted by atomic mass is 35.5. The molecule has 0 saturated carbocycles. The van der Waals surface area contributed by atoms with Crippen molar-refractivity contribution in [2.24, 2.45) is 0 Å². The van der Waals surface area contributed by atoms with Gasteiger partial charge in [0.2, 0.25) is 11.1 Å². The zero-order chi connectivity index (χ0) is 17.8. The lowest BCUT2D eigenvalue weighted by atomic mass is 10.2. The van der Waals surface area contributed by atoms with E-state index in [1.54, 1.807) is 16.8 Å². The molecule has 0 aliphatic rings. The summed E-state index contributed by atoms with van der Waals surface area (Å²) in [5.41, 5.74) is 3.51. The van der Waals surface area contributed by atoms with Gasteiger partial charge in [-0.3, -0.25) is 4.79 Å². The number of aryl methyl sites for hydroxylation is 1. The van der Waals surface area contributed by atoms with Crippen LogP contribution in [0.1, 0.15) is 11.1 Å². The fraction of sp³-hybridized carbons (Fsp3) is 0.176. The Labute approximate surface area is 154 Å². The molecule has 0 fully saturated rings. The number of hydrogen-bond acceptors (Lipinski definition) is 5. The third-order valence-electron chi connectivity index (χ3n) is 3.56. The van der Waals surface area contributed by atoms with Gasteiger partial charge in [0.05, 0.1) is 11.4 Å². The molecule has 0 aliphatic carbocycles. The van der Waals surface area contributed by atoms with E-state index in [0.29, 0.717) is 15.9 Å². The van der Waals surface area contributed by atoms with Gasteiger partial charge >= 0.3 is 0 Å². The number of aromatic nitrogens is 4. The van der Waals surface area contributed by atoms with Crippen molar-refractivity contribution in [3.8, 4) is 5.69 Å². The Bertz CT molecular complexity index is 912. The minimum absolute atomic E-state index is 0.144. The third kappa shape index (κ3) is 4.18. The molecule has 0 unspecified atom stereocenters. The SMILES string of the molecule is Cc1cccc(-n2nnnc2SCC(=O)Nc2cccc(Cl)c2C)c1. The Balaban J connectivity index is 1.67. The van der Waals surface area contributed by atoms with E-state index in [1.807, 2.05) is 44.2 Å². The van der Waals surface area contributed by atoms with Crippen LogP contribution < -0.4 is 5.32 Å². The maximum Gasteiger partial charge on any atom is 0.234 e. The summed E-state index contributed by atoms with van der Waals surface area (Å²) in [6.45, 7) is 3.87. The number of hydrogen-bond donors (Lipinski definition) is 1. The second kappa shape index (κ2) is 7.67. The molecule has 1 amide bonds. The van der Waals surface area contributed by atoms with Crippen LogP contribution in [0.2, 0.25) is 5.02 Å². The molecular formula is C17H16ClN5OS. The monoisotopic (exact) mass is 373 g/mol. The molecule has 1 heterocycles. The van der Waals surface area contributed by atoms with Crippen LogP contribution in [0.15, 0.2) is 47.6 Å². The Hall–Kier alpha value is -2.38. The number of halogens is 1. The lowest BCUT2D eigenvalue weighted by molar-refractivity contribution is -0.113. The number of carbonyl (C=O) groups excluding carboxylic acids is 1. The summed E-state index contributed by atoms with van der Waals surface area (Å²) in [4.78, 5) is 12.2. The Morgan fingerprint density at radius 3 is 2.84 bits per heavy atom. The van der Waals surface area contributed by atoms with Crippen LogP contribution in [-0.4, -0.2) is 31.9 Å². The van der Waals surface area contributed by atoms with Crippen molar-refractivity contribution < 1.29 is 4.79 Å². The second-order valence-corrected chi connectivity index (χ2v) is 6.81. The van der Waals surface area contributed by atoms with Crippen molar-refractivity contribution in [1.29, 1.82) is 0 Å². The standard InChI is InChI=1S/C17H16ClN5OS/c1-11-5-3-6-13(9-11)23-17(20-21-22-23)25-10-16(24)19-15-8-4-7-14(18)12(15)2/h3-9H,10H2,1-2H3,(H,19,24). The van der Waals surface area contributed by atoms with Gasteiger partial charge in [0.1, 0.15) is 0 Å². The van der Waals surface area contributed by atoms with Gasteiger partial charge in [0.15, 0.2) is 0 Å². The summed E-state index contributed by atoms with van der Waals surface area (Å²) < 4.78 is 1.62. The van der Waals surface area contributed by atoms with Crippen molar-refractivity contribution >= 4 is 35.0 Å². The van der Waals surface area contributed by atoms with Crippen LogP contribution in [-0.2, 0) is 4.79 Å². The minimum Gasteiger partial charge on any atom is -0.325 e. The van der Waals surface area contributed by atoms with Gasteiger partial charge in [-0.2, -0.15) is 4.68 Å². The van der Waals surface area contributed by atoms with Gasteiger partial charge in [-0.05, 0) is 59.7 Å². The number of thioether (sulfide) groups is 1. The van der Waals surface area contributed by atoms with Crippen LogP contribution in [0.3, 0.4) is 0 Å². The maximum absolute atomic E-state index is 12.2.